The van der Waals surface area contributed by atoms with Crippen LogP contribution < -0.4 is 4.90 Å². The fraction of sp³-hybridized carbons (Fsp3) is 0.647. The average molecular weight is 356 g/mol. The highest BCUT2D eigenvalue weighted by atomic mass is 16.2. The fourth-order valence-electron chi connectivity index (χ4n) is 4.08. The van der Waals surface area contributed by atoms with Crippen LogP contribution in [0.3, 0.4) is 0 Å². The molecule has 0 spiro atoms. The first-order valence-electron chi connectivity index (χ1n) is 9.39. The van der Waals surface area contributed by atoms with E-state index in [0.717, 1.165) is 63.0 Å². The number of carbonyl (C=O) groups is 1. The molecule has 26 heavy (non-hydrogen) atoms. The molecule has 5 rings (SSSR count). The Morgan fingerprint density at radius 2 is 2.04 bits per heavy atom. The Morgan fingerprint density at radius 3 is 2.85 bits per heavy atom. The van der Waals surface area contributed by atoms with Crippen molar-refractivity contribution in [2.45, 2.75) is 38.4 Å². The maximum atomic E-state index is 12.1. The summed E-state index contributed by atoms with van der Waals surface area (Å²) in [6, 6.07) is 0.416. The topological polar surface area (TPSA) is 75.3 Å². The van der Waals surface area contributed by atoms with Gasteiger partial charge < -0.3 is 9.47 Å². The van der Waals surface area contributed by atoms with Crippen LogP contribution in [0.1, 0.15) is 30.5 Å². The minimum Gasteiger partial charge on any atom is -0.326 e. The minimum atomic E-state index is 0.0522. The van der Waals surface area contributed by atoms with Crippen molar-refractivity contribution in [2.75, 3.05) is 38.1 Å². The van der Waals surface area contributed by atoms with Crippen LogP contribution >= 0.6 is 0 Å². The number of likely N-dealkylation sites (tertiary alicyclic amines) is 1. The number of amides is 2. The molecule has 2 aromatic rings. The van der Waals surface area contributed by atoms with Crippen molar-refractivity contribution in [3.8, 4) is 0 Å². The van der Waals surface area contributed by atoms with Gasteiger partial charge in [-0.05, 0) is 12.8 Å². The molecule has 2 fully saturated rings. The van der Waals surface area contributed by atoms with E-state index < -0.39 is 0 Å². The number of carbonyl (C=O) groups excluding carboxylic acids is 1. The van der Waals surface area contributed by atoms with E-state index in [-0.39, 0.29) is 6.03 Å². The van der Waals surface area contributed by atoms with Crippen LogP contribution in [0.25, 0.3) is 0 Å². The number of hydrogen-bond donors (Lipinski definition) is 0. The molecule has 0 radical (unpaired) electrons. The maximum Gasteiger partial charge on any atom is 0.324 e. The van der Waals surface area contributed by atoms with Crippen LogP contribution in [0.4, 0.5) is 10.5 Å². The van der Waals surface area contributed by atoms with Crippen LogP contribution in [0.15, 0.2) is 12.4 Å². The third kappa shape index (κ3) is 2.57. The SMILES string of the molecule is CN1CCN(c2cnn(C3CN(Cc4nnc5n4CCCC5)C3)c2)C1=O. The number of likely N-dealkylation sites (N-methyl/N-ethyl adjacent to an activating group) is 1. The highest BCUT2D eigenvalue weighted by Gasteiger charge is 2.32. The van der Waals surface area contributed by atoms with E-state index in [0.29, 0.717) is 6.04 Å². The van der Waals surface area contributed by atoms with Gasteiger partial charge in [0.15, 0.2) is 0 Å². The molecule has 0 N–H and O–H groups in total. The smallest absolute Gasteiger partial charge is 0.324 e. The van der Waals surface area contributed by atoms with E-state index in [2.05, 4.69) is 24.8 Å². The Kier molecular flexibility index (Phi) is 3.70. The summed E-state index contributed by atoms with van der Waals surface area (Å²) in [7, 11) is 1.83. The molecule has 9 heteroatoms. The molecule has 0 unspecified atom stereocenters. The second-order valence-corrected chi connectivity index (χ2v) is 7.52. The number of aromatic nitrogens is 5. The van der Waals surface area contributed by atoms with Gasteiger partial charge in [-0.3, -0.25) is 14.5 Å². The molecular formula is C17H24N8O. The maximum absolute atomic E-state index is 12.1. The molecule has 2 aromatic heterocycles. The molecule has 2 amide bonds. The van der Waals surface area contributed by atoms with Gasteiger partial charge >= 0.3 is 6.03 Å². The largest absolute Gasteiger partial charge is 0.326 e. The molecule has 0 atom stereocenters. The third-order valence-electron chi connectivity index (χ3n) is 5.73. The number of fused-ring (bicyclic) bond motifs is 1. The zero-order valence-corrected chi connectivity index (χ0v) is 15.1. The monoisotopic (exact) mass is 356 g/mol. The van der Waals surface area contributed by atoms with Crippen molar-refractivity contribution >= 4 is 11.7 Å². The summed E-state index contributed by atoms with van der Waals surface area (Å²) in [5, 5.41) is 13.2. The number of rotatable bonds is 4. The molecule has 2 saturated heterocycles. The van der Waals surface area contributed by atoms with Gasteiger partial charge in [0.05, 0.1) is 24.5 Å². The molecule has 0 aromatic carbocycles. The van der Waals surface area contributed by atoms with Gasteiger partial charge in [0.2, 0.25) is 0 Å². The first kappa shape index (κ1) is 15.8. The lowest BCUT2D eigenvalue weighted by molar-refractivity contribution is 0.0865. The van der Waals surface area contributed by atoms with Gasteiger partial charge in [-0.1, -0.05) is 0 Å². The van der Waals surface area contributed by atoms with Crippen molar-refractivity contribution in [1.82, 2.24) is 34.3 Å². The zero-order chi connectivity index (χ0) is 17.7. The second-order valence-electron chi connectivity index (χ2n) is 7.52. The number of hydrogen-bond acceptors (Lipinski definition) is 5. The van der Waals surface area contributed by atoms with Crippen LogP contribution in [-0.4, -0.2) is 73.6 Å². The van der Waals surface area contributed by atoms with Crippen molar-refractivity contribution in [3.63, 3.8) is 0 Å². The van der Waals surface area contributed by atoms with Crippen molar-refractivity contribution < 1.29 is 4.79 Å². The summed E-state index contributed by atoms with van der Waals surface area (Å²) < 4.78 is 4.29. The summed E-state index contributed by atoms with van der Waals surface area (Å²) >= 11 is 0. The summed E-state index contributed by atoms with van der Waals surface area (Å²) in [4.78, 5) is 18.0. The predicted octanol–water partition coefficient (Wildman–Crippen LogP) is 0.740. The normalized spacial score (nSPS) is 21.3. The zero-order valence-electron chi connectivity index (χ0n) is 15.1. The first-order valence-corrected chi connectivity index (χ1v) is 9.39. The second kappa shape index (κ2) is 6.08. The predicted molar refractivity (Wildman–Crippen MR) is 94.9 cm³/mol. The molecule has 0 aliphatic carbocycles. The highest BCUT2D eigenvalue weighted by molar-refractivity contribution is 5.93. The summed E-state index contributed by atoms with van der Waals surface area (Å²) in [6.07, 6.45) is 7.30. The molecule has 0 saturated carbocycles. The standard InChI is InChI=1S/C17H24N8O/c1-21-6-7-23(17(21)26)13-8-18-25(11-13)14-9-22(10-14)12-16-20-19-15-4-2-3-5-24(15)16/h8,11,14H,2-7,9-10,12H2,1H3. The molecular weight excluding hydrogens is 332 g/mol. The van der Waals surface area contributed by atoms with E-state index in [4.69, 9.17) is 0 Å². The van der Waals surface area contributed by atoms with Gasteiger partial charge in [0, 0.05) is 52.4 Å². The Labute approximate surface area is 152 Å². The quantitative estimate of drug-likeness (QED) is 0.808. The third-order valence-corrected chi connectivity index (χ3v) is 5.73. The van der Waals surface area contributed by atoms with Crippen molar-refractivity contribution in [2.24, 2.45) is 0 Å². The molecule has 0 bridgehead atoms. The Hall–Kier alpha value is -2.42. The van der Waals surface area contributed by atoms with Gasteiger partial charge in [-0.15, -0.1) is 10.2 Å². The lowest BCUT2D eigenvalue weighted by atomic mass is 10.1. The van der Waals surface area contributed by atoms with Crippen molar-refractivity contribution in [3.05, 3.63) is 24.0 Å². The van der Waals surface area contributed by atoms with E-state index in [1.54, 1.807) is 16.0 Å². The van der Waals surface area contributed by atoms with Crippen LogP contribution in [0, 0.1) is 0 Å². The van der Waals surface area contributed by atoms with Gasteiger partial charge in [-0.25, -0.2) is 4.79 Å². The molecule has 138 valence electrons. The Balaban J connectivity index is 1.20. The van der Waals surface area contributed by atoms with E-state index in [1.165, 1.54) is 12.8 Å². The Morgan fingerprint density at radius 1 is 1.15 bits per heavy atom. The number of anilines is 1. The summed E-state index contributed by atoms with van der Waals surface area (Å²) in [6.45, 7) is 5.32. The summed E-state index contributed by atoms with van der Waals surface area (Å²) in [5.41, 5.74) is 0.893. The van der Waals surface area contributed by atoms with Crippen LogP contribution in [0.2, 0.25) is 0 Å². The van der Waals surface area contributed by atoms with Gasteiger partial charge in [0.25, 0.3) is 0 Å². The van der Waals surface area contributed by atoms with Crippen LogP contribution in [-0.2, 0) is 19.5 Å². The lowest BCUT2D eigenvalue weighted by Gasteiger charge is -2.38. The lowest BCUT2D eigenvalue weighted by Crippen LogP contribution is -2.47. The minimum absolute atomic E-state index is 0.0522. The van der Waals surface area contributed by atoms with Gasteiger partial charge in [0.1, 0.15) is 11.6 Å². The molecule has 5 heterocycles. The number of urea groups is 1. The summed E-state index contributed by atoms with van der Waals surface area (Å²) in [5.74, 6) is 2.23. The van der Waals surface area contributed by atoms with Crippen molar-refractivity contribution in [1.29, 1.82) is 0 Å². The number of aryl methyl sites for hydroxylation is 1. The van der Waals surface area contributed by atoms with E-state index in [1.807, 2.05) is 17.9 Å². The van der Waals surface area contributed by atoms with Crippen LogP contribution in [0.5, 0.6) is 0 Å². The number of nitrogens with zero attached hydrogens (tertiary/aromatic N) is 8. The molecule has 9 nitrogen and oxygen atoms in total. The Bertz CT molecular complexity index is 821. The fourth-order valence-corrected chi connectivity index (χ4v) is 4.08. The molecule has 3 aliphatic rings. The average Bonchev–Trinajstić information content (AvgIpc) is 3.31. The molecule has 3 aliphatic heterocycles. The highest BCUT2D eigenvalue weighted by Crippen LogP contribution is 2.26. The van der Waals surface area contributed by atoms with E-state index in [9.17, 15) is 4.79 Å². The van der Waals surface area contributed by atoms with Gasteiger partial charge in [-0.2, -0.15) is 5.10 Å². The first-order chi connectivity index (χ1) is 12.7. The van der Waals surface area contributed by atoms with E-state index >= 15 is 0 Å².